The van der Waals surface area contributed by atoms with Crippen LogP contribution >= 0.6 is 0 Å². The molecule has 2 heterocycles. The molecule has 0 aromatic carbocycles. The summed E-state index contributed by atoms with van der Waals surface area (Å²) in [5.41, 5.74) is 0. The van der Waals surface area contributed by atoms with Crippen LogP contribution in [-0.4, -0.2) is 31.5 Å². The van der Waals surface area contributed by atoms with Crippen LogP contribution in [-0.2, 0) is 4.74 Å². The van der Waals surface area contributed by atoms with E-state index in [1.807, 2.05) is 0 Å². The molecule has 0 radical (unpaired) electrons. The van der Waals surface area contributed by atoms with E-state index in [0.29, 0.717) is 12.6 Å². The van der Waals surface area contributed by atoms with Crippen LogP contribution in [0.1, 0.15) is 12.8 Å². The molecular weight excluding hydrogens is 133 g/mol. The van der Waals surface area contributed by atoms with Gasteiger partial charge in [0.1, 0.15) is 12.3 Å². The number of fused-ring (bicyclic) bond motifs is 1. The molecule has 2 aliphatic rings. The molecule has 3 unspecified atom stereocenters. The van der Waals surface area contributed by atoms with Gasteiger partial charge in [-0.1, -0.05) is 0 Å². The minimum atomic E-state index is -0.773. The summed E-state index contributed by atoms with van der Waals surface area (Å²) in [6, 6.07) is 0.295. The Morgan fingerprint density at radius 1 is 1.50 bits per heavy atom. The smallest absolute Gasteiger partial charge is 0.140 e. The Bertz CT molecular complexity index is 129. The summed E-state index contributed by atoms with van der Waals surface area (Å²) in [7, 11) is 0. The van der Waals surface area contributed by atoms with Crippen LogP contribution in [0.15, 0.2) is 0 Å². The van der Waals surface area contributed by atoms with Crippen LogP contribution in [0.3, 0.4) is 0 Å². The maximum atomic E-state index is 12.9. The zero-order valence-electron chi connectivity index (χ0n) is 5.85. The summed E-state index contributed by atoms with van der Waals surface area (Å²) < 4.78 is 18.1. The van der Waals surface area contributed by atoms with Crippen LogP contribution in [0.25, 0.3) is 0 Å². The second-order valence-corrected chi connectivity index (χ2v) is 3.01. The summed E-state index contributed by atoms with van der Waals surface area (Å²) >= 11 is 0. The number of ether oxygens (including phenoxy) is 1. The van der Waals surface area contributed by atoms with Gasteiger partial charge in [-0.3, -0.25) is 0 Å². The lowest BCUT2D eigenvalue weighted by Gasteiger charge is -2.25. The fraction of sp³-hybridized carbons (Fsp3) is 1.00. The fourth-order valence-corrected chi connectivity index (χ4v) is 1.76. The lowest BCUT2D eigenvalue weighted by Crippen LogP contribution is -2.38. The van der Waals surface area contributed by atoms with Crippen molar-refractivity contribution >= 4 is 0 Å². The molecule has 2 aliphatic heterocycles. The normalized spacial score (nSPS) is 47.1. The molecule has 58 valence electrons. The monoisotopic (exact) mass is 145 g/mol. The predicted molar refractivity (Wildman–Crippen MR) is 35.7 cm³/mol. The van der Waals surface area contributed by atoms with E-state index in [9.17, 15) is 4.39 Å². The lowest BCUT2D eigenvalue weighted by atomic mass is 10.0. The summed E-state index contributed by atoms with van der Waals surface area (Å²) in [6.07, 6.45) is 1.23. The van der Waals surface area contributed by atoms with Gasteiger partial charge in [-0.25, -0.2) is 4.39 Å². The van der Waals surface area contributed by atoms with Gasteiger partial charge in [0.05, 0.1) is 0 Å². The molecule has 0 bridgehead atoms. The maximum absolute atomic E-state index is 12.9. The van der Waals surface area contributed by atoms with Gasteiger partial charge in [-0.15, -0.1) is 0 Å². The molecule has 2 rings (SSSR count). The SMILES string of the molecule is FC1CNC2CCCOC12. The molecule has 0 amide bonds. The average molecular weight is 145 g/mol. The van der Waals surface area contributed by atoms with Crippen molar-refractivity contribution in [3.05, 3.63) is 0 Å². The van der Waals surface area contributed by atoms with E-state index in [0.717, 1.165) is 19.4 Å². The summed E-state index contributed by atoms with van der Waals surface area (Å²) in [4.78, 5) is 0. The van der Waals surface area contributed by atoms with Gasteiger partial charge in [0.25, 0.3) is 0 Å². The third-order valence-electron chi connectivity index (χ3n) is 2.30. The van der Waals surface area contributed by atoms with E-state index in [1.165, 1.54) is 0 Å². The van der Waals surface area contributed by atoms with Gasteiger partial charge in [-0.05, 0) is 12.8 Å². The van der Waals surface area contributed by atoms with E-state index < -0.39 is 6.17 Å². The maximum Gasteiger partial charge on any atom is 0.140 e. The van der Waals surface area contributed by atoms with Crippen molar-refractivity contribution in [2.24, 2.45) is 0 Å². The predicted octanol–water partition coefficient (Wildman–Crippen LogP) is 0.475. The lowest BCUT2D eigenvalue weighted by molar-refractivity contribution is -0.0214. The Hall–Kier alpha value is -0.150. The molecule has 0 spiro atoms. The van der Waals surface area contributed by atoms with Gasteiger partial charge in [-0.2, -0.15) is 0 Å². The Labute approximate surface area is 59.7 Å². The van der Waals surface area contributed by atoms with Gasteiger partial charge in [0.15, 0.2) is 0 Å². The number of alkyl halides is 1. The average Bonchev–Trinajstić information content (AvgIpc) is 2.34. The van der Waals surface area contributed by atoms with Gasteiger partial charge >= 0.3 is 0 Å². The van der Waals surface area contributed by atoms with E-state index in [4.69, 9.17) is 4.74 Å². The molecule has 2 saturated heterocycles. The third kappa shape index (κ3) is 0.935. The van der Waals surface area contributed by atoms with Crippen molar-refractivity contribution < 1.29 is 9.13 Å². The Balaban J connectivity index is 2.01. The molecule has 2 fully saturated rings. The molecule has 0 aromatic rings. The third-order valence-corrected chi connectivity index (χ3v) is 2.30. The first-order chi connectivity index (χ1) is 4.88. The van der Waals surface area contributed by atoms with Gasteiger partial charge in [0, 0.05) is 19.2 Å². The minimum Gasteiger partial charge on any atom is -0.374 e. The fourth-order valence-electron chi connectivity index (χ4n) is 1.76. The highest BCUT2D eigenvalue weighted by Crippen LogP contribution is 2.23. The number of halogens is 1. The molecule has 0 aromatic heterocycles. The number of hydrogen-bond donors (Lipinski definition) is 1. The molecule has 3 atom stereocenters. The van der Waals surface area contributed by atoms with Crippen molar-refractivity contribution in [2.45, 2.75) is 31.2 Å². The minimum absolute atomic E-state index is 0.145. The summed E-state index contributed by atoms with van der Waals surface area (Å²) in [5.74, 6) is 0. The molecular formula is C7H12FNO. The van der Waals surface area contributed by atoms with Crippen LogP contribution in [0, 0.1) is 0 Å². The second-order valence-electron chi connectivity index (χ2n) is 3.01. The van der Waals surface area contributed by atoms with Crippen molar-refractivity contribution in [3.8, 4) is 0 Å². The first kappa shape index (κ1) is 6.55. The highest BCUT2D eigenvalue weighted by Gasteiger charge is 2.38. The first-order valence-electron chi connectivity index (χ1n) is 3.87. The van der Waals surface area contributed by atoms with Crippen LogP contribution < -0.4 is 5.32 Å². The topological polar surface area (TPSA) is 21.3 Å². The Morgan fingerprint density at radius 2 is 2.40 bits per heavy atom. The summed E-state index contributed by atoms with van der Waals surface area (Å²) in [5, 5.41) is 3.11. The van der Waals surface area contributed by atoms with Crippen LogP contribution in [0.4, 0.5) is 4.39 Å². The van der Waals surface area contributed by atoms with Gasteiger partial charge < -0.3 is 10.1 Å². The molecule has 3 heteroatoms. The Morgan fingerprint density at radius 3 is 3.20 bits per heavy atom. The van der Waals surface area contributed by atoms with Gasteiger partial charge in [0.2, 0.25) is 0 Å². The number of hydrogen-bond acceptors (Lipinski definition) is 2. The molecule has 2 nitrogen and oxygen atoms in total. The standard InChI is InChI=1S/C7H12FNO/c8-5-4-9-6-2-1-3-10-7(5)6/h5-7,9H,1-4H2. The molecule has 0 saturated carbocycles. The highest BCUT2D eigenvalue weighted by molar-refractivity contribution is 4.93. The zero-order valence-corrected chi connectivity index (χ0v) is 5.85. The quantitative estimate of drug-likeness (QED) is 0.535. The van der Waals surface area contributed by atoms with Crippen molar-refractivity contribution in [3.63, 3.8) is 0 Å². The summed E-state index contributed by atoms with van der Waals surface area (Å²) in [6.45, 7) is 1.22. The Kier molecular flexibility index (Phi) is 1.62. The van der Waals surface area contributed by atoms with Crippen molar-refractivity contribution in [1.82, 2.24) is 5.32 Å². The molecule has 10 heavy (non-hydrogen) atoms. The second kappa shape index (κ2) is 2.47. The van der Waals surface area contributed by atoms with Crippen molar-refractivity contribution in [2.75, 3.05) is 13.2 Å². The molecule has 0 aliphatic carbocycles. The van der Waals surface area contributed by atoms with Crippen LogP contribution in [0.2, 0.25) is 0 Å². The number of nitrogens with one attached hydrogen (secondary N) is 1. The first-order valence-corrected chi connectivity index (χ1v) is 3.87. The largest absolute Gasteiger partial charge is 0.374 e. The highest BCUT2D eigenvalue weighted by atomic mass is 19.1. The van der Waals surface area contributed by atoms with E-state index in [-0.39, 0.29) is 6.10 Å². The van der Waals surface area contributed by atoms with Crippen molar-refractivity contribution in [1.29, 1.82) is 0 Å². The molecule has 1 N–H and O–H groups in total. The van der Waals surface area contributed by atoms with E-state index in [1.54, 1.807) is 0 Å². The zero-order chi connectivity index (χ0) is 6.97. The number of rotatable bonds is 0. The van der Waals surface area contributed by atoms with Crippen LogP contribution in [0.5, 0.6) is 0 Å². The van der Waals surface area contributed by atoms with E-state index in [2.05, 4.69) is 5.32 Å². The van der Waals surface area contributed by atoms with E-state index >= 15 is 0 Å².